The normalized spacial score (nSPS) is 19.4. The highest BCUT2D eigenvalue weighted by atomic mass is 32.2. The zero-order valence-corrected chi connectivity index (χ0v) is 16.6. The molecule has 1 amide bonds. The smallest absolute Gasteiger partial charge is 0.230 e. The number of pyridine rings is 1. The van der Waals surface area contributed by atoms with Gasteiger partial charge in [-0.05, 0) is 43.9 Å². The van der Waals surface area contributed by atoms with Crippen LogP contribution < -0.4 is 10.1 Å². The Morgan fingerprint density at radius 3 is 2.93 bits per heavy atom. The summed E-state index contributed by atoms with van der Waals surface area (Å²) in [6.45, 7) is 4.72. The van der Waals surface area contributed by atoms with Crippen molar-refractivity contribution in [2.45, 2.75) is 50.6 Å². The van der Waals surface area contributed by atoms with Crippen LogP contribution in [0, 0.1) is 17.2 Å². The number of nitrogens with zero attached hydrogens (tertiary/aromatic N) is 2. The van der Waals surface area contributed by atoms with Crippen LogP contribution >= 0.6 is 11.8 Å². The molecule has 0 aliphatic heterocycles. The number of carbonyl (C=O) groups excluding carboxylic acids is 1. The average Bonchev–Trinajstić information content (AvgIpc) is 2.67. The summed E-state index contributed by atoms with van der Waals surface area (Å²) in [4.78, 5) is 17.0. The summed E-state index contributed by atoms with van der Waals surface area (Å²) in [5.41, 5.74) is 1.26. The quantitative estimate of drug-likeness (QED) is 0.753. The second kappa shape index (κ2) is 9.09. The molecule has 1 aliphatic carbocycles. The number of nitrogens with one attached hydrogen (secondary N) is 1. The number of nitriles is 1. The zero-order chi connectivity index (χ0) is 19.2. The Hall–Kier alpha value is -2.26. The van der Waals surface area contributed by atoms with Crippen LogP contribution in [0.4, 0.5) is 0 Å². The number of benzene rings is 1. The van der Waals surface area contributed by atoms with Gasteiger partial charge in [0.25, 0.3) is 0 Å². The molecule has 2 aromatic rings. The van der Waals surface area contributed by atoms with E-state index in [0.717, 1.165) is 23.1 Å². The van der Waals surface area contributed by atoms with Crippen molar-refractivity contribution in [2.75, 3.05) is 12.4 Å². The molecule has 5 nitrogen and oxygen atoms in total. The molecular weight excluding hydrogens is 358 g/mol. The van der Waals surface area contributed by atoms with E-state index in [1.807, 2.05) is 31.2 Å². The van der Waals surface area contributed by atoms with E-state index in [1.54, 1.807) is 0 Å². The van der Waals surface area contributed by atoms with Gasteiger partial charge in [-0.3, -0.25) is 4.79 Å². The van der Waals surface area contributed by atoms with Crippen molar-refractivity contribution in [3.05, 3.63) is 29.8 Å². The minimum absolute atomic E-state index is 0.00704. The van der Waals surface area contributed by atoms with E-state index in [0.29, 0.717) is 23.1 Å². The Labute approximate surface area is 164 Å². The van der Waals surface area contributed by atoms with Gasteiger partial charge in [0.1, 0.15) is 16.8 Å². The highest BCUT2D eigenvalue weighted by Gasteiger charge is 2.23. The third-order valence-corrected chi connectivity index (χ3v) is 5.97. The van der Waals surface area contributed by atoms with E-state index < -0.39 is 0 Å². The molecule has 2 atom stereocenters. The summed E-state index contributed by atoms with van der Waals surface area (Å²) in [6, 6.07) is 9.93. The van der Waals surface area contributed by atoms with Crippen LogP contribution in [-0.2, 0) is 4.79 Å². The fraction of sp³-hybridized carbons (Fsp3) is 0.476. The first-order chi connectivity index (χ1) is 13.1. The van der Waals surface area contributed by atoms with Crippen molar-refractivity contribution >= 4 is 28.6 Å². The van der Waals surface area contributed by atoms with E-state index in [9.17, 15) is 10.1 Å². The first-order valence-electron chi connectivity index (χ1n) is 9.50. The Bertz CT molecular complexity index is 862. The predicted molar refractivity (Wildman–Crippen MR) is 108 cm³/mol. The topological polar surface area (TPSA) is 75.0 Å². The molecule has 0 unspecified atom stereocenters. The molecule has 142 valence electrons. The van der Waals surface area contributed by atoms with E-state index in [1.165, 1.54) is 31.0 Å². The van der Waals surface area contributed by atoms with E-state index in [-0.39, 0.29) is 17.7 Å². The molecule has 1 aromatic carbocycles. The molecule has 1 aliphatic rings. The van der Waals surface area contributed by atoms with Gasteiger partial charge in [-0.15, -0.1) is 0 Å². The fourth-order valence-corrected chi connectivity index (χ4v) is 4.26. The maximum Gasteiger partial charge on any atom is 0.230 e. The lowest BCUT2D eigenvalue weighted by atomic mass is 9.86. The second-order valence-corrected chi connectivity index (χ2v) is 7.93. The van der Waals surface area contributed by atoms with Crippen LogP contribution in [0.3, 0.4) is 0 Å². The second-order valence-electron chi connectivity index (χ2n) is 6.96. The number of hydrogen-bond donors (Lipinski definition) is 1. The highest BCUT2D eigenvalue weighted by molar-refractivity contribution is 8.00. The Kier molecular flexibility index (Phi) is 6.57. The van der Waals surface area contributed by atoms with Crippen molar-refractivity contribution in [2.24, 2.45) is 5.92 Å². The Balaban J connectivity index is 1.71. The number of hydrogen-bond acceptors (Lipinski definition) is 5. The summed E-state index contributed by atoms with van der Waals surface area (Å²) in [5.74, 6) is 1.55. The van der Waals surface area contributed by atoms with Crippen LogP contribution in [0.5, 0.6) is 5.75 Å². The van der Waals surface area contributed by atoms with Crippen molar-refractivity contribution in [1.82, 2.24) is 10.3 Å². The predicted octanol–water partition coefficient (Wildman–Crippen LogP) is 4.29. The Morgan fingerprint density at radius 1 is 1.37 bits per heavy atom. The molecule has 1 N–H and O–H groups in total. The van der Waals surface area contributed by atoms with Crippen LogP contribution in [-0.4, -0.2) is 29.3 Å². The van der Waals surface area contributed by atoms with Crippen LogP contribution in [0.15, 0.2) is 29.3 Å². The van der Waals surface area contributed by atoms with Gasteiger partial charge in [-0.1, -0.05) is 31.5 Å². The molecule has 0 bridgehead atoms. The first kappa shape index (κ1) is 19.5. The maximum absolute atomic E-state index is 12.4. The lowest BCUT2D eigenvalue weighted by Crippen LogP contribution is -2.41. The molecule has 1 fully saturated rings. The SMILES string of the molecule is CCOc1ccc2cc(C#N)c(SCC(=O)N[C@H]3CCCC[C@H]3C)nc2c1. The lowest BCUT2D eigenvalue weighted by molar-refractivity contribution is -0.119. The molecule has 0 radical (unpaired) electrons. The van der Waals surface area contributed by atoms with E-state index in [2.05, 4.69) is 23.3 Å². The first-order valence-corrected chi connectivity index (χ1v) is 10.5. The standard InChI is InChI=1S/C21H25N3O2S/c1-3-26-17-9-8-15-10-16(12-22)21(24-19(15)11-17)27-13-20(25)23-18-7-5-4-6-14(18)2/h8-11,14,18H,3-7,13H2,1-2H3,(H,23,25)/t14-,18+/m1/s1. The van der Waals surface area contributed by atoms with Crippen molar-refractivity contribution in [1.29, 1.82) is 5.26 Å². The minimum atomic E-state index is 0.00704. The molecule has 1 aromatic heterocycles. The van der Waals surface area contributed by atoms with Gasteiger partial charge >= 0.3 is 0 Å². The van der Waals surface area contributed by atoms with E-state index >= 15 is 0 Å². The van der Waals surface area contributed by atoms with Gasteiger partial charge in [-0.2, -0.15) is 5.26 Å². The summed E-state index contributed by atoms with van der Waals surface area (Å²) in [6.07, 6.45) is 4.65. The third-order valence-electron chi connectivity index (χ3n) is 4.98. The number of rotatable bonds is 6. The van der Waals surface area contributed by atoms with Gasteiger partial charge in [-0.25, -0.2) is 4.98 Å². The van der Waals surface area contributed by atoms with Gasteiger partial charge in [0, 0.05) is 17.5 Å². The van der Waals surface area contributed by atoms with Gasteiger partial charge < -0.3 is 10.1 Å². The summed E-state index contributed by atoms with van der Waals surface area (Å²) < 4.78 is 5.53. The van der Waals surface area contributed by atoms with Crippen LogP contribution in [0.25, 0.3) is 10.9 Å². The minimum Gasteiger partial charge on any atom is -0.494 e. The summed E-state index contributed by atoms with van der Waals surface area (Å²) in [7, 11) is 0. The highest BCUT2D eigenvalue weighted by Crippen LogP contribution is 2.28. The fourth-order valence-electron chi connectivity index (χ4n) is 3.49. The number of fused-ring (bicyclic) bond motifs is 1. The third kappa shape index (κ3) is 4.92. The average molecular weight is 384 g/mol. The molecular formula is C21H25N3O2S. The van der Waals surface area contributed by atoms with Crippen molar-refractivity contribution < 1.29 is 9.53 Å². The lowest BCUT2D eigenvalue weighted by Gasteiger charge is -2.29. The zero-order valence-electron chi connectivity index (χ0n) is 15.8. The van der Waals surface area contributed by atoms with Crippen molar-refractivity contribution in [3.8, 4) is 11.8 Å². The van der Waals surface area contributed by atoms with E-state index in [4.69, 9.17) is 4.74 Å². The van der Waals surface area contributed by atoms with Crippen molar-refractivity contribution in [3.63, 3.8) is 0 Å². The number of thioether (sulfide) groups is 1. The van der Waals surface area contributed by atoms with Crippen LogP contribution in [0.2, 0.25) is 0 Å². The van der Waals surface area contributed by atoms with Gasteiger partial charge in [0.15, 0.2) is 0 Å². The molecule has 6 heteroatoms. The Morgan fingerprint density at radius 2 is 2.19 bits per heavy atom. The number of aromatic nitrogens is 1. The molecule has 27 heavy (non-hydrogen) atoms. The van der Waals surface area contributed by atoms with Crippen LogP contribution in [0.1, 0.15) is 45.1 Å². The summed E-state index contributed by atoms with van der Waals surface area (Å²) >= 11 is 1.32. The van der Waals surface area contributed by atoms with Gasteiger partial charge in [0.05, 0.1) is 23.4 Å². The number of carbonyl (C=O) groups is 1. The maximum atomic E-state index is 12.4. The molecule has 1 heterocycles. The largest absolute Gasteiger partial charge is 0.494 e. The summed E-state index contributed by atoms with van der Waals surface area (Å²) in [5, 5.41) is 14.1. The number of ether oxygens (including phenoxy) is 1. The molecule has 1 saturated carbocycles. The molecule has 0 saturated heterocycles. The number of amides is 1. The monoisotopic (exact) mass is 383 g/mol. The van der Waals surface area contributed by atoms with Gasteiger partial charge in [0.2, 0.25) is 5.91 Å². The molecule has 0 spiro atoms. The molecule has 3 rings (SSSR count).